The highest BCUT2D eigenvalue weighted by Crippen LogP contribution is 2.59. The number of halogens is 13. The molecule has 2 saturated heterocycles. The molecular weight excluding hydrogens is 425 g/mol. The molecule has 0 aromatic carbocycles. The highest BCUT2D eigenvalue weighted by atomic mass is 19.4. The molecular formula is C11H8F13NO2. The van der Waals surface area contributed by atoms with Crippen molar-refractivity contribution in [3.05, 3.63) is 0 Å². The zero-order chi connectivity index (χ0) is 21.3. The first-order chi connectivity index (χ1) is 11.8. The summed E-state index contributed by atoms with van der Waals surface area (Å²) in [5.74, 6) is -5.72. The Morgan fingerprint density at radius 2 is 1.26 bits per heavy atom. The van der Waals surface area contributed by atoms with Gasteiger partial charge in [0.2, 0.25) is 0 Å². The van der Waals surface area contributed by atoms with Gasteiger partial charge in [0.05, 0.1) is 0 Å². The van der Waals surface area contributed by atoms with Crippen molar-refractivity contribution >= 4 is 0 Å². The lowest BCUT2D eigenvalue weighted by atomic mass is 9.97. The van der Waals surface area contributed by atoms with Gasteiger partial charge in [-0.25, -0.2) is 13.5 Å². The quantitative estimate of drug-likeness (QED) is 0.486. The van der Waals surface area contributed by atoms with Crippen LogP contribution in [0.4, 0.5) is 57.1 Å². The highest BCUT2D eigenvalue weighted by Gasteiger charge is 2.87. The molecule has 2 atom stereocenters. The molecule has 0 aromatic heterocycles. The summed E-state index contributed by atoms with van der Waals surface area (Å²) in [5, 5.41) is 0. The van der Waals surface area contributed by atoms with Gasteiger partial charge in [-0.15, -0.1) is 4.90 Å². The second-order valence-corrected chi connectivity index (χ2v) is 5.71. The van der Waals surface area contributed by atoms with Gasteiger partial charge in [-0.2, -0.15) is 48.3 Å². The van der Waals surface area contributed by atoms with E-state index in [0.29, 0.717) is 0 Å². The van der Waals surface area contributed by atoms with Crippen LogP contribution in [0.2, 0.25) is 0 Å². The van der Waals surface area contributed by atoms with E-state index in [1.807, 2.05) is 4.74 Å². The zero-order valence-electron chi connectivity index (χ0n) is 12.5. The van der Waals surface area contributed by atoms with E-state index in [1.165, 1.54) is 0 Å². The molecule has 160 valence electrons. The van der Waals surface area contributed by atoms with Crippen molar-refractivity contribution in [1.29, 1.82) is 0 Å². The number of alkyl halides is 13. The van der Waals surface area contributed by atoms with Gasteiger partial charge >= 0.3 is 30.5 Å². The summed E-state index contributed by atoms with van der Waals surface area (Å²) in [6.07, 6.45) is -24.3. The number of morpholine rings is 1. The molecule has 16 heteroatoms. The molecule has 2 aliphatic heterocycles. The third-order valence-corrected chi connectivity index (χ3v) is 3.85. The predicted octanol–water partition coefficient (Wildman–Crippen LogP) is 4.44. The summed E-state index contributed by atoms with van der Waals surface area (Å²) in [4.78, 5) is -3.23. The SMILES string of the molecule is FC(F)(F)C(N1C(F)(F)C(F)(F)OC(F)(F)C1(F)F)C(F)(F)C1CCCO1. The Balaban J connectivity index is 2.70. The van der Waals surface area contributed by atoms with Gasteiger partial charge in [-0.05, 0) is 12.8 Å². The van der Waals surface area contributed by atoms with Crippen LogP contribution in [0, 0.1) is 0 Å². The molecule has 2 rings (SSSR count). The summed E-state index contributed by atoms with van der Waals surface area (Å²) in [6.45, 7) is -0.618. The first-order valence-electron chi connectivity index (χ1n) is 6.87. The fraction of sp³-hybridized carbons (Fsp3) is 1.00. The lowest BCUT2D eigenvalue weighted by Crippen LogP contribution is -2.80. The smallest absolute Gasteiger partial charge is 0.372 e. The molecule has 2 fully saturated rings. The number of hydrogen-bond donors (Lipinski definition) is 0. The largest absolute Gasteiger partial charge is 0.439 e. The van der Waals surface area contributed by atoms with Gasteiger partial charge in [0, 0.05) is 6.61 Å². The Labute approximate surface area is 141 Å². The predicted molar refractivity (Wildman–Crippen MR) is 56.5 cm³/mol. The van der Waals surface area contributed by atoms with Crippen LogP contribution < -0.4 is 0 Å². The van der Waals surface area contributed by atoms with Crippen LogP contribution in [0.25, 0.3) is 0 Å². The summed E-state index contributed by atoms with van der Waals surface area (Å²) in [5.41, 5.74) is 0. The number of hydrogen-bond acceptors (Lipinski definition) is 3. The van der Waals surface area contributed by atoms with Crippen molar-refractivity contribution in [3.63, 3.8) is 0 Å². The van der Waals surface area contributed by atoms with Crippen molar-refractivity contribution in [3.8, 4) is 0 Å². The fourth-order valence-corrected chi connectivity index (χ4v) is 2.66. The van der Waals surface area contributed by atoms with E-state index in [4.69, 9.17) is 0 Å². The Kier molecular flexibility index (Phi) is 4.93. The molecule has 27 heavy (non-hydrogen) atoms. The van der Waals surface area contributed by atoms with E-state index < -0.39 is 66.5 Å². The van der Waals surface area contributed by atoms with Crippen molar-refractivity contribution in [1.82, 2.24) is 4.90 Å². The lowest BCUT2D eigenvalue weighted by molar-refractivity contribution is -0.576. The maximum Gasteiger partial charge on any atom is 0.439 e. The lowest BCUT2D eigenvalue weighted by Gasteiger charge is -2.51. The van der Waals surface area contributed by atoms with Crippen molar-refractivity contribution in [2.24, 2.45) is 0 Å². The maximum absolute atomic E-state index is 14.2. The van der Waals surface area contributed by atoms with Crippen LogP contribution in [0.5, 0.6) is 0 Å². The molecule has 0 N–H and O–H groups in total. The summed E-state index contributed by atoms with van der Waals surface area (Å²) >= 11 is 0. The van der Waals surface area contributed by atoms with E-state index in [2.05, 4.69) is 4.74 Å². The second kappa shape index (κ2) is 5.98. The van der Waals surface area contributed by atoms with E-state index in [9.17, 15) is 57.1 Å². The maximum atomic E-state index is 14.2. The van der Waals surface area contributed by atoms with E-state index in [0.717, 1.165) is 0 Å². The molecule has 2 unspecified atom stereocenters. The second-order valence-electron chi connectivity index (χ2n) is 5.71. The minimum Gasteiger partial charge on any atom is -0.372 e. The molecule has 0 spiro atoms. The van der Waals surface area contributed by atoms with Crippen molar-refractivity contribution in [2.45, 2.75) is 61.4 Å². The molecule has 2 heterocycles. The monoisotopic (exact) mass is 433 g/mol. The van der Waals surface area contributed by atoms with Gasteiger partial charge in [-0.3, -0.25) is 0 Å². The first-order valence-corrected chi connectivity index (χ1v) is 6.87. The van der Waals surface area contributed by atoms with Gasteiger partial charge in [-0.1, -0.05) is 0 Å². The van der Waals surface area contributed by atoms with E-state index >= 15 is 0 Å². The Hall–Kier alpha value is -1.03. The average Bonchev–Trinajstić information content (AvgIpc) is 2.94. The molecule has 3 nitrogen and oxygen atoms in total. The number of nitrogens with zero attached hydrogens (tertiary/aromatic N) is 1. The molecule has 0 aromatic rings. The van der Waals surface area contributed by atoms with Crippen LogP contribution in [0.15, 0.2) is 0 Å². The van der Waals surface area contributed by atoms with Crippen LogP contribution in [0.1, 0.15) is 12.8 Å². The average molecular weight is 433 g/mol. The van der Waals surface area contributed by atoms with Crippen LogP contribution >= 0.6 is 0 Å². The number of rotatable bonds is 3. The number of ether oxygens (including phenoxy) is 2. The Bertz CT molecular complexity index is 543. The molecule has 0 aliphatic carbocycles. The van der Waals surface area contributed by atoms with Gasteiger partial charge in [0.1, 0.15) is 6.10 Å². The normalized spacial score (nSPS) is 31.7. The zero-order valence-corrected chi connectivity index (χ0v) is 12.5. The van der Waals surface area contributed by atoms with Gasteiger partial charge in [0.25, 0.3) is 5.92 Å². The molecule has 0 bridgehead atoms. The van der Waals surface area contributed by atoms with Crippen molar-refractivity contribution < 1.29 is 66.5 Å². The summed E-state index contributed by atoms with van der Waals surface area (Å²) < 4.78 is 181. The minimum atomic E-state index is -6.89. The van der Waals surface area contributed by atoms with E-state index in [-0.39, 0.29) is 6.42 Å². The summed E-state index contributed by atoms with van der Waals surface area (Å²) in [6, 6.07) is -19.2. The third-order valence-electron chi connectivity index (χ3n) is 3.85. The van der Waals surface area contributed by atoms with Crippen LogP contribution in [-0.4, -0.2) is 60.1 Å². The van der Waals surface area contributed by atoms with E-state index in [1.54, 1.807) is 0 Å². The van der Waals surface area contributed by atoms with Crippen LogP contribution in [-0.2, 0) is 9.47 Å². The molecule has 2 aliphatic rings. The molecule has 0 amide bonds. The standard InChI is InChI=1S/C11H8F13NO2/c12-6(13,4-2-1-3-26-4)5(7(14,15)16)25-8(17,18)10(21,22)27-11(23,24)9(25,19)20/h4-5H,1-3H2. The minimum absolute atomic E-state index is 0.340. The first kappa shape index (κ1) is 22.3. The Morgan fingerprint density at radius 3 is 1.59 bits per heavy atom. The van der Waals surface area contributed by atoms with Crippen molar-refractivity contribution in [2.75, 3.05) is 6.61 Å². The van der Waals surface area contributed by atoms with Crippen LogP contribution in [0.3, 0.4) is 0 Å². The molecule has 0 radical (unpaired) electrons. The summed E-state index contributed by atoms with van der Waals surface area (Å²) in [7, 11) is 0. The molecule has 0 saturated carbocycles. The topological polar surface area (TPSA) is 21.7 Å². The third kappa shape index (κ3) is 3.22. The fourth-order valence-electron chi connectivity index (χ4n) is 2.66. The van der Waals surface area contributed by atoms with Gasteiger partial charge in [0.15, 0.2) is 6.04 Å². The Morgan fingerprint density at radius 1 is 0.815 bits per heavy atom. The van der Waals surface area contributed by atoms with Gasteiger partial charge < -0.3 is 4.74 Å². The highest BCUT2D eigenvalue weighted by molar-refractivity contribution is 5.06.